The largest absolute Gasteiger partial charge is 0.207 e. The smallest absolute Gasteiger partial charge is 0.123 e. The Morgan fingerprint density at radius 2 is 2.36 bits per heavy atom. The van der Waals surface area contributed by atoms with Crippen LogP contribution < -0.4 is 0 Å². The molecule has 1 rings (SSSR count). The molecular weight excluding hydrogens is 181 g/mol. The van der Waals surface area contributed by atoms with Gasteiger partial charge in [-0.2, -0.15) is 0 Å². The highest BCUT2D eigenvalue weighted by atomic mass is 19.1. The van der Waals surface area contributed by atoms with Crippen molar-refractivity contribution in [3.8, 4) is 11.8 Å². The van der Waals surface area contributed by atoms with Crippen LogP contribution in [0.2, 0.25) is 0 Å². The van der Waals surface area contributed by atoms with Crippen LogP contribution in [0, 0.1) is 24.6 Å². The Balaban J connectivity index is 2.84. The van der Waals surface area contributed by atoms with Crippen molar-refractivity contribution in [1.82, 2.24) is 0 Å². The molecule has 0 aliphatic carbocycles. The van der Waals surface area contributed by atoms with E-state index in [0.717, 1.165) is 11.1 Å². The lowest BCUT2D eigenvalue weighted by Crippen LogP contribution is -1.84. The molecule has 0 bridgehead atoms. The Bertz CT molecular complexity index is 436. The van der Waals surface area contributed by atoms with E-state index < -0.39 is 0 Å². The van der Waals surface area contributed by atoms with Crippen molar-refractivity contribution in [3.05, 3.63) is 45.6 Å². The molecule has 0 saturated carbocycles. The molecule has 0 saturated heterocycles. The van der Waals surface area contributed by atoms with E-state index in [1.165, 1.54) is 12.1 Å². The lowest BCUT2D eigenvalue weighted by molar-refractivity contribution is 0.626. The zero-order chi connectivity index (χ0) is 10.4. The Kier molecular flexibility index (Phi) is 3.54. The maximum atomic E-state index is 12.7. The fraction of sp³-hybridized carbons (Fsp3) is 0.200. The molecule has 70 valence electrons. The third-order valence-electron chi connectivity index (χ3n) is 1.62. The number of aryl methyl sites for hydroxylation is 1. The van der Waals surface area contributed by atoms with E-state index in [2.05, 4.69) is 21.9 Å². The van der Waals surface area contributed by atoms with Crippen LogP contribution in [0.4, 0.5) is 4.39 Å². The Hall–Kier alpha value is -1.98. The Morgan fingerprint density at radius 1 is 1.57 bits per heavy atom. The molecule has 0 aliphatic heterocycles. The molecule has 1 aromatic carbocycles. The molecule has 0 fully saturated rings. The molecule has 0 amide bonds. The van der Waals surface area contributed by atoms with Gasteiger partial charge < -0.3 is 0 Å². The van der Waals surface area contributed by atoms with E-state index in [0.29, 0.717) is 0 Å². The van der Waals surface area contributed by atoms with Crippen LogP contribution in [0.25, 0.3) is 10.4 Å². The van der Waals surface area contributed by atoms with Crippen molar-refractivity contribution in [2.75, 3.05) is 6.54 Å². The third-order valence-corrected chi connectivity index (χ3v) is 1.62. The number of nitrogens with zero attached hydrogens (tertiary/aromatic N) is 3. The molecule has 0 aromatic heterocycles. The average Bonchev–Trinajstić information content (AvgIpc) is 2.15. The minimum absolute atomic E-state index is 0.132. The van der Waals surface area contributed by atoms with Gasteiger partial charge in [-0.3, -0.25) is 0 Å². The highest BCUT2D eigenvalue weighted by Gasteiger charge is 1.95. The molecule has 1 aromatic rings. The first-order valence-corrected chi connectivity index (χ1v) is 4.00. The van der Waals surface area contributed by atoms with Crippen LogP contribution in [-0.2, 0) is 0 Å². The second kappa shape index (κ2) is 4.90. The van der Waals surface area contributed by atoms with Crippen LogP contribution in [0.15, 0.2) is 23.3 Å². The molecule has 0 heterocycles. The van der Waals surface area contributed by atoms with Crippen molar-refractivity contribution in [1.29, 1.82) is 0 Å². The zero-order valence-electron chi connectivity index (χ0n) is 7.66. The first kappa shape index (κ1) is 10.1. The number of hydrogen-bond acceptors (Lipinski definition) is 1. The second-order valence-electron chi connectivity index (χ2n) is 2.65. The maximum absolute atomic E-state index is 12.7. The SMILES string of the molecule is Cc1cc(F)ccc1C#CCN=[N+]=[N-]. The van der Waals surface area contributed by atoms with Gasteiger partial charge in [0.1, 0.15) is 5.82 Å². The van der Waals surface area contributed by atoms with Crippen LogP contribution in [0.3, 0.4) is 0 Å². The fourth-order valence-electron chi connectivity index (χ4n) is 0.969. The molecule has 14 heavy (non-hydrogen) atoms. The van der Waals surface area contributed by atoms with E-state index in [9.17, 15) is 4.39 Å². The summed E-state index contributed by atoms with van der Waals surface area (Å²) in [6.07, 6.45) is 0. The summed E-state index contributed by atoms with van der Waals surface area (Å²) in [5, 5.41) is 3.27. The molecule has 0 aliphatic rings. The van der Waals surface area contributed by atoms with Crippen molar-refractivity contribution in [3.63, 3.8) is 0 Å². The van der Waals surface area contributed by atoms with Crippen molar-refractivity contribution in [2.24, 2.45) is 5.11 Å². The summed E-state index contributed by atoms with van der Waals surface area (Å²) in [5.41, 5.74) is 9.52. The van der Waals surface area contributed by atoms with Gasteiger partial charge in [0.2, 0.25) is 0 Å². The molecule has 0 unspecified atom stereocenters. The lowest BCUT2D eigenvalue weighted by Gasteiger charge is -1.96. The number of rotatable bonds is 1. The van der Waals surface area contributed by atoms with Gasteiger partial charge in [0.05, 0.1) is 6.54 Å². The number of halogens is 1. The summed E-state index contributed by atoms with van der Waals surface area (Å²) in [6, 6.07) is 4.37. The first-order chi connectivity index (χ1) is 6.74. The van der Waals surface area contributed by atoms with E-state index >= 15 is 0 Å². The summed E-state index contributed by atoms with van der Waals surface area (Å²) in [5.74, 6) is 5.19. The summed E-state index contributed by atoms with van der Waals surface area (Å²) in [4.78, 5) is 2.57. The van der Waals surface area contributed by atoms with Gasteiger partial charge >= 0.3 is 0 Å². The van der Waals surface area contributed by atoms with E-state index in [1.54, 1.807) is 13.0 Å². The normalized spacial score (nSPS) is 8.43. The number of hydrogen-bond donors (Lipinski definition) is 0. The molecule has 4 heteroatoms. The van der Waals surface area contributed by atoms with Crippen LogP contribution in [0.5, 0.6) is 0 Å². The fourth-order valence-corrected chi connectivity index (χ4v) is 0.969. The van der Waals surface area contributed by atoms with Crippen molar-refractivity contribution >= 4 is 0 Å². The summed E-state index contributed by atoms with van der Waals surface area (Å²) in [7, 11) is 0. The van der Waals surface area contributed by atoms with E-state index in [1.807, 2.05) is 0 Å². The standard InChI is InChI=1S/C10H8FN3/c1-8-7-10(11)5-4-9(8)3-2-6-13-14-12/h4-5,7H,6H2,1H3. The molecule has 0 atom stereocenters. The van der Waals surface area contributed by atoms with Crippen LogP contribution in [-0.4, -0.2) is 6.54 Å². The predicted octanol–water partition coefficient (Wildman–Crippen LogP) is 2.80. The maximum Gasteiger partial charge on any atom is 0.123 e. The van der Waals surface area contributed by atoms with Crippen LogP contribution >= 0.6 is 0 Å². The van der Waals surface area contributed by atoms with Gasteiger partial charge in [0.25, 0.3) is 0 Å². The molecule has 0 spiro atoms. The highest BCUT2D eigenvalue weighted by Crippen LogP contribution is 2.08. The Labute approximate surface area is 81.2 Å². The molecule has 0 radical (unpaired) electrons. The second-order valence-corrected chi connectivity index (χ2v) is 2.65. The van der Waals surface area contributed by atoms with Crippen molar-refractivity contribution in [2.45, 2.75) is 6.92 Å². The predicted molar refractivity (Wildman–Crippen MR) is 52.0 cm³/mol. The lowest BCUT2D eigenvalue weighted by atomic mass is 10.1. The monoisotopic (exact) mass is 189 g/mol. The molecular formula is C10H8FN3. The van der Waals surface area contributed by atoms with Gasteiger partial charge in [0.15, 0.2) is 0 Å². The van der Waals surface area contributed by atoms with Gasteiger partial charge in [-0.25, -0.2) is 4.39 Å². The van der Waals surface area contributed by atoms with Crippen LogP contribution in [0.1, 0.15) is 11.1 Å². The zero-order valence-corrected chi connectivity index (χ0v) is 7.66. The highest BCUT2D eigenvalue weighted by molar-refractivity contribution is 5.40. The number of azide groups is 1. The minimum Gasteiger partial charge on any atom is -0.207 e. The quantitative estimate of drug-likeness (QED) is 0.282. The average molecular weight is 189 g/mol. The van der Waals surface area contributed by atoms with Crippen molar-refractivity contribution < 1.29 is 4.39 Å². The van der Waals surface area contributed by atoms with Gasteiger partial charge in [-0.05, 0) is 36.2 Å². The topological polar surface area (TPSA) is 48.8 Å². The van der Waals surface area contributed by atoms with E-state index in [-0.39, 0.29) is 12.4 Å². The van der Waals surface area contributed by atoms with E-state index in [4.69, 9.17) is 5.53 Å². The number of benzene rings is 1. The summed E-state index contributed by atoms with van der Waals surface area (Å²) < 4.78 is 12.7. The summed E-state index contributed by atoms with van der Waals surface area (Å²) in [6.45, 7) is 1.91. The van der Waals surface area contributed by atoms with Gasteiger partial charge in [0, 0.05) is 10.5 Å². The van der Waals surface area contributed by atoms with Gasteiger partial charge in [-0.1, -0.05) is 17.0 Å². The first-order valence-electron chi connectivity index (χ1n) is 4.00. The summed E-state index contributed by atoms with van der Waals surface area (Å²) >= 11 is 0. The molecule has 0 N–H and O–H groups in total. The third kappa shape index (κ3) is 2.81. The Morgan fingerprint density at radius 3 is 3.00 bits per heavy atom. The van der Waals surface area contributed by atoms with Gasteiger partial charge in [-0.15, -0.1) is 0 Å². The minimum atomic E-state index is -0.275. The molecule has 3 nitrogen and oxygen atoms in total.